The van der Waals surface area contributed by atoms with Crippen LogP contribution < -0.4 is 5.73 Å². The SMILES string of the molecule is CCCCCCCC(N)c1cc(O)c2c(O)ccc(O)c2c1O. The van der Waals surface area contributed by atoms with Gasteiger partial charge in [0, 0.05) is 11.6 Å². The molecule has 1 atom stereocenters. The summed E-state index contributed by atoms with van der Waals surface area (Å²) in [7, 11) is 0. The van der Waals surface area contributed by atoms with Crippen LogP contribution in [0.5, 0.6) is 23.0 Å². The molecule has 0 bridgehead atoms. The fourth-order valence-electron chi connectivity index (χ4n) is 2.92. The van der Waals surface area contributed by atoms with Crippen LogP contribution in [0, 0.1) is 0 Å². The highest BCUT2D eigenvalue weighted by atomic mass is 16.3. The summed E-state index contributed by atoms with van der Waals surface area (Å²) >= 11 is 0. The third kappa shape index (κ3) is 3.62. The molecule has 1 unspecified atom stereocenters. The second-order valence-corrected chi connectivity index (χ2v) is 6.00. The predicted molar refractivity (Wildman–Crippen MR) is 90.9 cm³/mol. The van der Waals surface area contributed by atoms with Crippen molar-refractivity contribution in [2.24, 2.45) is 5.73 Å². The van der Waals surface area contributed by atoms with E-state index >= 15 is 0 Å². The van der Waals surface area contributed by atoms with Crippen LogP contribution in [0.3, 0.4) is 0 Å². The van der Waals surface area contributed by atoms with E-state index in [0.717, 1.165) is 19.3 Å². The second-order valence-electron chi connectivity index (χ2n) is 6.00. The van der Waals surface area contributed by atoms with Crippen molar-refractivity contribution < 1.29 is 20.4 Å². The number of rotatable bonds is 7. The van der Waals surface area contributed by atoms with Crippen LogP contribution in [0.1, 0.15) is 57.1 Å². The van der Waals surface area contributed by atoms with Gasteiger partial charge < -0.3 is 26.2 Å². The van der Waals surface area contributed by atoms with Crippen molar-refractivity contribution in [3.05, 3.63) is 23.8 Å². The Labute approximate surface area is 136 Å². The Morgan fingerprint density at radius 1 is 0.870 bits per heavy atom. The smallest absolute Gasteiger partial charge is 0.132 e. The summed E-state index contributed by atoms with van der Waals surface area (Å²) in [6, 6.07) is 3.47. The summed E-state index contributed by atoms with van der Waals surface area (Å²) in [4.78, 5) is 0. The summed E-state index contributed by atoms with van der Waals surface area (Å²) in [5.74, 6) is -0.803. The van der Waals surface area contributed by atoms with Gasteiger partial charge in [-0.2, -0.15) is 0 Å². The molecule has 0 fully saturated rings. The molecule has 5 nitrogen and oxygen atoms in total. The van der Waals surface area contributed by atoms with Gasteiger partial charge in [-0.05, 0) is 24.6 Å². The van der Waals surface area contributed by atoms with Gasteiger partial charge in [0.15, 0.2) is 0 Å². The number of aromatic hydroxyl groups is 4. The quantitative estimate of drug-likeness (QED) is 0.391. The third-order valence-electron chi connectivity index (χ3n) is 4.24. The summed E-state index contributed by atoms with van der Waals surface area (Å²) in [5.41, 5.74) is 6.52. The van der Waals surface area contributed by atoms with Gasteiger partial charge in [0.25, 0.3) is 0 Å². The second kappa shape index (κ2) is 7.42. The molecule has 2 aromatic carbocycles. The molecule has 0 amide bonds. The van der Waals surface area contributed by atoms with Crippen molar-refractivity contribution >= 4 is 10.8 Å². The molecule has 2 aromatic rings. The van der Waals surface area contributed by atoms with E-state index in [0.29, 0.717) is 12.0 Å². The molecule has 23 heavy (non-hydrogen) atoms. The number of hydrogen-bond donors (Lipinski definition) is 5. The molecule has 0 saturated carbocycles. The number of hydrogen-bond acceptors (Lipinski definition) is 5. The molecule has 0 saturated heterocycles. The van der Waals surface area contributed by atoms with Crippen molar-refractivity contribution in [3.8, 4) is 23.0 Å². The van der Waals surface area contributed by atoms with E-state index in [1.54, 1.807) is 0 Å². The lowest BCUT2D eigenvalue weighted by molar-refractivity contribution is 0.437. The Morgan fingerprint density at radius 3 is 2.13 bits per heavy atom. The van der Waals surface area contributed by atoms with Gasteiger partial charge in [-0.3, -0.25) is 0 Å². The van der Waals surface area contributed by atoms with Crippen LogP contribution in [0.4, 0.5) is 0 Å². The molecule has 6 N–H and O–H groups in total. The number of phenols is 4. The average molecular weight is 319 g/mol. The van der Waals surface area contributed by atoms with Crippen LogP contribution in [0.25, 0.3) is 10.8 Å². The molecule has 2 rings (SSSR count). The molecule has 126 valence electrons. The number of nitrogens with two attached hydrogens (primary N) is 1. The van der Waals surface area contributed by atoms with Crippen LogP contribution in [-0.4, -0.2) is 20.4 Å². The van der Waals surface area contributed by atoms with E-state index in [-0.39, 0.29) is 33.8 Å². The molecule has 0 aliphatic rings. The van der Waals surface area contributed by atoms with E-state index in [4.69, 9.17) is 5.73 Å². The molecule has 0 radical (unpaired) electrons. The van der Waals surface area contributed by atoms with E-state index in [1.807, 2.05) is 0 Å². The normalized spacial score (nSPS) is 12.6. The van der Waals surface area contributed by atoms with Crippen LogP contribution >= 0.6 is 0 Å². The Morgan fingerprint density at radius 2 is 1.48 bits per heavy atom. The number of unbranched alkanes of at least 4 members (excludes halogenated alkanes) is 4. The number of phenolic OH excluding ortho intramolecular Hbond substituents is 4. The first kappa shape index (κ1) is 17.2. The van der Waals surface area contributed by atoms with Crippen LogP contribution in [0.2, 0.25) is 0 Å². The van der Waals surface area contributed by atoms with Crippen LogP contribution in [0.15, 0.2) is 18.2 Å². The molecule has 0 aliphatic heterocycles. The van der Waals surface area contributed by atoms with Gasteiger partial charge in [0.1, 0.15) is 23.0 Å². The fraction of sp³-hybridized carbons (Fsp3) is 0.444. The minimum Gasteiger partial charge on any atom is -0.507 e. The minimum absolute atomic E-state index is 0.0291. The van der Waals surface area contributed by atoms with E-state index in [9.17, 15) is 20.4 Å². The molecular weight excluding hydrogens is 294 g/mol. The molecule has 0 heterocycles. The van der Waals surface area contributed by atoms with Gasteiger partial charge in [0.2, 0.25) is 0 Å². The van der Waals surface area contributed by atoms with Gasteiger partial charge >= 0.3 is 0 Å². The number of benzene rings is 2. The average Bonchev–Trinajstić information content (AvgIpc) is 2.52. The zero-order valence-electron chi connectivity index (χ0n) is 13.4. The topological polar surface area (TPSA) is 107 Å². The first-order valence-electron chi connectivity index (χ1n) is 8.12. The highest BCUT2D eigenvalue weighted by molar-refractivity contribution is 6.02. The van der Waals surface area contributed by atoms with Crippen LogP contribution in [-0.2, 0) is 0 Å². The molecule has 0 aliphatic carbocycles. The Hall–Kier alpha value is -2.14. The van der Waals surface area contributed by atoms with Gasteiger partial charge in [-0.1, -0.05) is 39.0 Å². The predicted octanol–water partition coefficient (Wildman–Crippen LogP) is 4.02. The first-order valence-corrected chi connectivity index (χ1v) is 8.12. The zero-order chi connectivity index (χ0) is 17.0. The third-order valence-corrected chi connectivity index (χ3v) is 4.24. The van der Waals surface area contributed by atoms with E-state index in [1.165, 1.54) is 31.0 Å². The lowest BCUT2D eigenvalue weighted by Crippen LogP contribution is -2.10. The summed E-state index contributed by atoms with van der Waals surface area (Å²) in [5, 5.41) is 40.4. The van der Waals surface area contributed by atoms with Gasteiger partial charge in [-0.15, -0.1) is 0 Å². The Bertz CT molecular complexity index is 685. The standard InChI is InChI=1S/C18H25NO4/c1-2-3-4-5-6-7-12(19)11-10-15(22)16-13(20)8-9-14(21)17(16)18(11)23/h8-10,12,20-23H,2-7,19H2,1H3. The lowest BCUT2D eigenvalue weighted by Gasteiger charge is -2.17. The van der Waals surface area contributed by atoms with Crippen molar-refractivity contribution in [1.29, 1.82) is 0 Å². The summed E-state index contributed by atoms with van der Waals surface area (Å²) in [6.45, 7) is 2.16. The van der Waals surface area contributed by atoms with Crippen molar-refractivity contribution in [2.75, 3.05) is 0 Å². The lowest BCUT2D eigenvalue weighted by atomic mass is 9.95. The highest BCUT2D eigenvalue weighted by Crippen LogP contribution is 2.46. The minimum atomic E-state index is -0.436. The first-order chi connectivity index (χ1) is 11.0. The van der Waals surface area contributed by atoms with Crippen molar-refractivity contribution in [3.63, 3.8) is 0 Å². The molecule has 5 heteroatoms. The summed E-state index contributed by atoms with van der Waals surface area (Å²) in [6.07, 6.45) is 6.23. The Kier molecular flexibility index (Phi) is 5.55. The van der Waals surface area contributed by atoms with Gasteiger partial charge in [-0.25, -0.2) is 0 Å². The highest BCUT2D eigenvalue weighted by Gasteiger charge is 2.20. The maximum absolute atomic E-state index is 10.4. The van der Waals surface area contributed by atoms with E-state index < -0.39 is 6.04 Å². The monoisotopic (exact) mass is 319 g/mol. The molecule has 0 spiro atoms. The fourth-order valence-corrected chi connectivity index (χ4v) is 2.92. The van der Waals surface area contributed by atoms with E-state index in [2.05, 4.69) is 6.92 Å². The van der Waals surface area contributed by atoms with Gasteiger partial charge in [0.05, 0.1) is 10.8 Å². The number of fused-ring (bicyclic) bond motifs is 1. The maximum atomic E-state index is 10.4. The summed E-state index contributed by atoms with van der Waals surface area (Å²) < 4.78 is 0. The zero-order valence-corrected chi connectivity index (χ0v) is 13.4. The molecular formula is C18H25NO4. The van der Waals surface area contributed by atoms with Crippen molar-refractivity contribution in [2.45, 2.75) is 51.5 Å². The Balaban J connectivity index is 2.28. The van der Waals surface area contributed by atoms with Crippen molar-refractivity contribution in [1.82, 2.24) is 0 Å². The largest absolute Gasteiger partial charge is 0.507 e. The maximum Gasteiger partial charge on any atom is 0.132 e. The molecule has 0 aromatic heterocycles.